The fourth-order valence-electron chi connectivity index (χ4n) is 1.90. The van der Waals surface area contributed by atoms with Crippen LogP contribution in [0.1, 0.15) is 0 Å². The molecule has 0 saturated heterocycles. The number of carbonyl (C=O) groups excluding carboxylic acids is 2. The Morgan fingerprint density at radius 2 is 1.50 bits per heavy atom. The minimum atomic E-state index is 0.250. The minimum Gasteiger partial charge on any atom is -0.354 e. The van der Waals surface area contributed by atoms with Gasteiger partial charge in [-0.15, -0.1) is 0 Å². The molecule has 0 aliphatic heterocycles. The molecule has 3 rings (SSSR count). The van der Waals surface area contributed by atoms with Crippen LogP contribution in [0.2, 0.25) is 10.0 Å². The van der Waals surface area contributed by atoms with Crippen LogP contribution in [-0.2, 0) is 9.59 Å². The predicted octanol–water partition coefficient (Wildman–Crippen LogP) is 4.56. The topological polar surface area (TPSA) is 49.9 Å². The molecule has 0 bridgehead atoms. The van der Waals surface area contributed by atoms with Crippen LogP contribution in [0, 0.1) is 0 Å². The number of aromatic amines is 1. The third kappa shape index (κ3) is 3.09. The van der Waals surface area contributed by atoms with Gasteiger partial charge in [-0.3, -0.25) is 0 Å². The van der Waals surface area contributed by atoms with Gasteiger partial charge in [-0.25, -0.2) is 0 Å². The fraction of sp³-hybridized carbons (Fsp3) is 0. The van der Waals surface area contributed by atoms with Crippen LogP contribution in [0.3, 0.4) is 0 Å². The minimum absolute atomic E-state index is 0.250. The molecule has 0 atom stereocenters. The number of aromatic nitrogens is 1. The Morgan fingerprint density at radius 3 is 2.15 bits per heavy atom. The van der Waals surface area contributed by atoms with Crippen molar-refractivity contribution in [3.05, 3.63) is 58.6 Å². The van der Waals surface area contributed by atoms with Gasteiger partial charge < -0.3 is 4.98 Å². The number of hydrogen-bond acceptors (Lipinski definition) is 2. The van der Waals surface area contributed by atoms with Gasteiger partial charge in [0, 0.05) is 16.6 Å². The zero-order valence-electron chi connectivity index (χ0n) is 10.2. The maximum absolute atomic E-state index is 8.12. The van der Waals surface area contributed by atoms with E-state index in [0.29, 0.717) is 10.0 Å². The molecule has 20 heavy (non-hydrogen) atoms. The average molecular weight is 306 g/mol. The number of nitrogens with one attached hydrogen (secondary N) is 1. The fourth-order valence-corrected chi connectivity index (χ4v) is 2.24. The second kappa shape index (κ2) is 6.40. The summed E-state index contributed by atoms with van der Waals surface area (Å²) in [6.07, 6.45) is 0.250. The van der Waals surface area contributed by atoms with Crippen LogP contribution in [0.5, 0.6) is 0 Å². The maximum Gasteiger partial charge on any atom is 0.373 e. The SMILES string of the molecule is Clc1cc2cc(-c3ccccc3)[nH]c2cc1Cl.O=C=O. The van der Waals surface area contributed by atoms with Crippen molar-refractivity contribution in [3.63, 3.8) is 0 Å². The molecular weight excluding hydrogens is 297 g/mol. The van der Waals surface area contributed by atoms with Crippen LogP contribution >= 0.6 is 23.2 Å². The second-order valence-electron chi connectivity index (χ2n) is 3.99. The summed E-state index contributed by atoms with van der Waals surface area (Å²) in [7, 11) is 0. The lowest BCUT2D eigenvalue weighted by Gasteiger charge is -1.95. The molecule has 0 aliphatic carbocycles. The third-order valence-corrected chi connectivity index (χ3v) is 3.47. The van der Waals surface area contributed by atoms with Crippen molar-refractivity contribution in [1.29, 1.82) is 0 Å². The van der Waals surface area contributed by atoms with Crippen LogP contribution in [0.4, 0.5) is 0 Å². The molecule has 0 spiro atoms. The molecule has 3 nitrogen and oxygen atoms in total. The van der Waals surface area contributed by atoms with E-state index >= 15 is 0 Å². The van der Waals surface area contributed by atoms with Gasteiger partial charge in [-0.1, -0.05) is 53.5 Å². The first kappa shape index (κ1) is 14.4. The van der Waals surface area contributed by atoms with Gasteiger partial charge >= 0.3 is 6.15 Å². The number of H-pyrrole nitrogens is 1. The van der Waals surface area contributed by atoms with Gasteiger partial charge in [0.15, 0.2) is 0 Å². The summed E-state index contributed by atoms with van der Waals surface area (Å²) in [6.45, 7) is 0. The average Bonchev–Trinajstić information content (AvgIpc) is 2.84. The Morgan fingerprint density at radius 1 is 0.900 bits per heavy atom. The molecule has 5 heteroatoms. The number of benzene rings is 2. The first-order valence-corrected chi connectivity index (χ1v) is 6.43. The van der Waals surface area contributed by atoms with E-state index in [-0.39, 0.29) is 6.15 Å². The normalized spacial score (nSPS) is 9.70. The van der Waals surface area contributed by atoms with Crippen molar-refractivity contribution in [2.75, 3.05) is 0 Å². The maximum atomic E-state index is 8.12. The predicted molar refractivity (Wildman–Crippen MR) is 78.8 cm³/mol. The van der Waals surface area contributed by atoms with Crippen LogP contribution < -0.4 is 0 Å². The van der Waals surface area contributed by atoms with Gasteiger partial charge in [0.1, 0.15) is 0 Å². The van der Waals surface area contributed by atoms with Gasteiger partial charge in [0.2, 0.25) is 0 Å². The van der Waals surface area contributed by atoms with Crippen LogP contribution in [0.25, 0.3) is 22.2 Å². The van der Waals surface area contributed by atoms with E-state index < -0.39 is 0 Å². The monoisotopic (exact) mass is 305 g/mol. The van der Waals surface area contributed by atoms with E-state index in [1.165, 1.54) is 0 Å². The zero-order valence-corrected chi connectivity index (χ0v) is 11.7. The highest BCUT2D eigenvalue weighted by Crippen LogP contribution is 2.30. The Bertz CT molecular complexity index is 721. The molecule has 0 saturated carbocycles. The third-order valence-electron chi connectivity index (χ3n) is 2.75. The summed E-state index contributed by atoms with van der Waals surface area (Å²) >= 11 is 12.0. The van der Waals surface area contributed by atoms with Crippen LogP contribution in [0.15, 0.2) is 48.5 Å². The molecule has 1 heterocycles. The van der Waals surface area contributed by atoms with Gasteiger partial charge in [-0.2, -0.15) is 9.59 Å². The summed E-state index contributed by atoms with van der Waals surface area (Å²) in [5.41, 5.74) is 3.22. The standard InChI is InChI=1S/C14H9Cl2N.CO2/c15-11-6-10-7-13(9-4-2-1-3-5-9)17-14(10)8-12(11)16;2-1-3/h1-8,17H;. The molecule has 0 aliphatic rings. The summed E-state index contributed by atoms with van der Waals surface area (Å²) in [6, 6.07) is 16.0. The first-order valence-electron chi connectivity index (χ1n) is 5.68. The second-order valence-corrected chi connectivity index (χ2v) is 4.80. The largest absolute Gasteiger partial charge is 0.373 e. The van der Waals surface area contributed by atoms with Gasteiger partial charge in [0.25, 0.3) is 0 Å². The summed E-state index contributed by atoms with van der Waals surface area (Å²) < 4.78 is 0. The van der Waals surface area contributed by atoms with Crippen molar-refractivity contribution in [2.24, 2.45) is 0 Å². The highest BCUT2D eigenvalue weighted by Gasteiger charge is 2.06. The lowest BCUT2D eigenvalue weighted by molar-refractivity contribution is -0.191. The van der Waals surface area contributed by atoms with Crippen molar-refractivity contribution in [2.45, 2.75) is 0 Å². The summed E-state index contributed by atoms with van der Waals surface area (Å²) in [5, 5.41) is 2.22. The van der Waals surface area contributed by atoms with E-state index in [4.69, 9.17) is 32.8 Å². The first-order chi connectivity index (χ1) is 9.65. The van der Waals surface area contributed by atoms with E-state index in [1.807, 2.05) is 30.3 Å². The van der Waals surface area contributed by atoms with Gasteiger partial charge in [-0.05, 0) is 23.8 Å². The summed E-state index contributed by atoms with van der Waals surface area (Å²) in [5.74, 6) is 0. The van der Waals surface area contributed by atoms with Crippen LogP contribution in [-0.4, -0.2) is 11.1 Å². The highest BCUT2D eigenvalue weighted by atomic mass is 35.5. The molecule has 100 valence electrons. The van der Waals surface area contributed by atoms with Crippen molar-refractivity contribution < 1.29 is 9.59 Å². The number of fused-ring (bicyclic) bond motifs is 1. The van der Waals surface area contributed by atoms with Crippen molar-refractivity contribution in [1.82, 2.24) is 4.98 Å². The molecule has 1 N–H and O–H groups in total. The van der Waals surface area contributed by atoms with E-state index in [2.05, 4.69) is 23.2 Å². The quantitative estimate of drug-likeness (QED) is 0.716. The van der Waals surface area contributed by atoms with E-state index in [9.17, 15) is 0 Å². The smallest absolute Gasteiger partial charge is 0.354 e. The molecule has 0 unspecified atom stereocenters. The van der Waals surface area contributed by atoms with E-state index in [1.54, 1.807) is 0 Å². The molecule has 2 aromatic carbocycles. The number of rotatable bonds is 1. The Kier molecular flexibility index (Phi) is 4.59. The Labute approximate surface area is 125 Å². The molecule has 0 radical (unpaired) electrons. The molecule has 0 amide bonds. The van der Waals surface area contributed by atoms with E-state index in [0.717, 1.165) is 22.2 Å². The van der Waals surface area contributed by atoms with Crippen molar-refractivity contribution in [3.8, 4) is 11.3 Å². The molecule has 1 aromatic heterocycles. The lowest BCUT2D eigenvalue weighted by Crippen LogP contribution is -1.74. The zero-order chi connectivity index (χ0) is 14.5. The Hall–Kier alpha value is -2.06. The van der Waals surface area contributed by atoms with Crippen molar-refractivity contribution >= 4 is 40.3 Å². The van der Waals surface area contributed by atoms with Gasteiger partial charge in [0.05, 0.1) is 10.0 Å². The summed E-state index contributed by atoms with van der Waals surface area (Å²) in [4.78, 5) is 19.6. The molecule has 0 fully saturated rings. The highest BCUT2D eigenvalue weighted by molar-refractivity contribution is 6.42. The number of halogens is 2. The molecular formula is C15H9Cl2NO2. The Balaban J connectivity index is 0.000000452. The number of hydrogen-bond donors (Lipinski definition) is 1. The lowest BCUT2D eigenvalue weighted by atomic mass is 10.1. The molecule has 3 aromatic rings.